The molecule has 1 saturated heterocycles. The smallest absolute Gasteiger partial charge is 0.0469 e. The van der Waals surface area contributed by atoms with Gasteiger partial charge in [0, 0.05) is 23.7 Å². The van der Waals surface area contributed by atoms with Crippen LogP contribution < -0.4 is 5.32 Å². The quantitative estimate of drug-likeness (QED) is 0.918. The van der Waals surface area contributed by atoms with Crippen LogP contribution in [0.4, 0.5) is 0 Å². The molecule has 1 aliphatic rings. The predicted octanol–water partition coefficient (Wildman–Crippen LogP) is 3.53. The van der Waals surface area contributed by atoms with Crippen molar-refractivity contribution in [1.82, 2.24) is 5.32 Å². The number of halogens is 1. The van der Waals surface area contributed by atoms with E-state index in [1.807, 2.05) is 0 Å². The molecule has 0 radical (unpaired) electrons. The monoisotopic (exact) mass is 297 g/mol. The molecule has 1 N–H and O–H groups in total. The van der Waals surface area contributed by atoms with Gasteiger partial charge in [0.15, 0.2) is 0 Å². The van der Waals surface area contributed by atoms with Gasteiger partial charge >= 0.3 is 0 Å². The van der Waals surface area contributed by atoms with E-state index >= 15 is 0 Å². The maximum absolute atomic E-state index is 5.45. The summed E-state index contributed by atoms with van der Waals surface area (Å²) in [7, 11) is 0. The molecule has 1 aromatic rings. The highest BCUT2D eigenvalue weighted by Crippen LogP contribution is 2.30. The van der Waals surface area contributed by atoms with Crippen molar-refractivity contribution in [2.45, 2.75) is 25.8 Å². The van der Waals surface area contributed by atoms with Crippen molar-refractivity contribution in [3.63, 3.8) is 0 Å². The van der Waals surface area contributed by atoms with E-state index in [1.54, 1.807) is 0 Å². The summed E-state index contributed by atoms with van der Waals surface area (Å²) in [6, 6.07) is 9.15. The normalized spacial score (nSPS) is 19.2. The van der Waals surface area contributed by atoms with Crippen LogP contribution >= 0.6 is 15.9 Å². The van der Waals surface area contributed by atoms with E-state index in [0.29, 0.717) is 12.0 Å². The van der Waals surface area contributed by atoms with Crippen LogP contribution in [0, 0.1) is 5.92 Å². The van der Waals surface area contributed by atoms with Gasteiger partial charge < -0.3 is 10.1 Å². The van der Waals surface area contributed by atoms with Crippen molar-refractivity contribution in [3.05, 3.63) is 34.3 Å². The molecule has 1 aliphatic heterocycles. The zero-order valence-corrected chi connectivity index (χ0v) is 11.9. The molecule has 94 valence electrons. The van der Waals surface area contributed by atoms with E-state index in [9.17, 15) is 0 Å². The van der Waals surface area contributed by atoms with E-state index < -0.39 is 0 Å². The number of hydrogen-bond acceptors (Lipinski definition) is 2. The van der Waals surface area contributed by atoms with Crippen LogP contribution in [-0.2, 0) is 4.74 Å². The molecule has 0 aromatic heterocycles. The van der Waals surface area contributed by atoms with Gasteiger partial charge in [-0.15, -0.1) is 0 Å². The second kappa shape index (κ2) is 6.53. The van der Waals surface area contributed by atoms with Crippen LogP contribution in [0.15, 0.2) is 28.7 Å². The largest absolute Gasteiger partial charge is 0.381 e. The molecule has 0 aliphatic carbocycles. The van der Waals surface area contributed by atoms with Crippen molar-refractivity contribution < 1.29 is 4.74 Å². The summed E-state index contributed by atoms with van der Waals surface area (Å²) in [5.41, 5.74) is 1.39. The fourth-order valence-electron chi connectivity index (χ4n) is 2.50. The first-order valence-electron chi connectivity index (χ1n) is 6.38. The summed E-state index contributed by atoms with van der Waals surface area (Å²) in [4.78, 5) is 0. The van der Waals surface area contributed by atoms with E-state index in [0.717, 1.165) is 37.1 Å². The molecule has 1 fully saturated rings. The van der Waals surface area contributed by atoms with Crippen LogP contribution in [0.25, 0.3) is 0 Å². The number of rotatable bonds is 4. The molecule has 1 aromatic carbocycles. The molecule has 17 heavy (non-hydrogen) atoms. The van der Waals surface area contributed by atoms with Gasteiger partial charge in [-0.2, -0.15) is 0 Å². The lowest BCUT2D eigenvalue weighted by Gasteiger charge is -2.31. The molecule has 3 heteroatoms. The van der Waals surface area contributed by atoms with Crippen LogP contribution in [-0.4, -0.2) is 19.8 Å². The molecule has 0 bridgehead atoms. The number of nitrogens with one attached hydrogen (secondary N) is 1. The first-order chi connectivity index (χ1) is 8.31. The Bertz CT molecular complexity index is 333. The Morgan fingerprint density at radius 2 is 1.94 bits per heavy atom. The van der Waals surface area contributed by atoms with Crippen molar-refractivity contribution in [3.8, 4) is 0 Å². The minimum Gasteiger partial charge on any atom is -0.381 e. The Morgan fingerprint density at radius 3 is 2.53 bits per heavy atom. The van der Waals surface area contributed by atoms with Crippen LogP contribution in [0.1, 0.15) is 31.4 Å². The summed E-state index contributed by atoms with van der Waals surface area (Å²) >= 11 is 3.49. The highest BCUT2D eigenvalue weighted by atomic mass is 79.9. The molecule has 0 spiro atoms. The van der Waals surface area contributed by atoms with E-state index in [2.05, 4.69) is 52.4 Å². The second-order valence-electron chi connectivity index (χ2n) is 4.54. The van der Waals surface area contributed by atoms with E-state index in [1.165, 1.54) is 5.56 Å². The van der Waals surface area contributed by atoms with Gasteiger partial charge in [-0.1, -0.05) is 35.0 Å². The standard InChI is InChI=1S/C14H20BrNO/c1-2-16-14(12-7-9-17-10-8-12)11-3-5-13(15)6-4-11/h3-6,12,14,16H,2,7-10H2,1H3. The van der Waals surface area contributed by atoms with Crippen LogP contribution in [0.2, 0.25) is 0 Å². The van der Waals surface area contributed by atoms with Crippen molar-refractivity contribution in [1.29, 1.82) is 0 Å². The Hall–Kier alpha value is -0.380. The van der Waals surface area contributed by atoms with E-state index in [-0.39, 0.29) is 0 Å². The minimum atomic E-state index is 0.469. The van der Waals surface area contributed by atoms with Gasteiger partial charge in [-0.3, -0.25) is 0 Å². The van der Waals surface area contributed by atoms with E-state index in [4.69, 9.17) is 4.74 Å². The summed E-state index contributed by atoms with van der Waals surface area (Å²) in [5.74, 6) is 0.699. The maximum Gasteiger partial charge on any atom is 0.0469 e. The molecule has 1 atom stereocenters. The minimum absolute atomic E-state index is 0.469. The third kappa shape index (κ3) is 3.54. The molecule has 1 heterocycles. The Kier molecular flexibility index (Phi) is 5.01. The Balaban J connectivity index is 2.12. The predicted molar refractivity (Wildman–Crippen MR) is 74.1 cm³/mol. The number of hydrogen-bond donors (Lipinski definition) is 1. The fourth-order valence-corrected chi connectivity index (χ4v) is 2.76. The van der Waals surface area contributed by atoms with Gasteiger partial charge in [0.05, 0.1) is 0 Å². The second-order valence-corrected chi connectivity index (χ2v) is 5.45. The highest BCUT2D eigenvalue weighted by Gasteiger charge is 2.24. The molecule has 0 saturated carbocycles. The molecule has 1 unspecified atom stereocenters. The molecular weight excluding hydrogens is 278 g/mol. The SMILES string of the molecule is CCNC(c1ccc(Br)cc1)C1CCOCC1. The van der Waals surface area contributed by atoms with Gasteiger partial charge in [0.25, 0.3) is 0 Å². The van der Waals surface area contributed by atoms with Crippen LogP contribution in [0.5, 0.6) is 0 Å². The molecule has 0 amide bonds. The topological polar surface area (TPSA) is 21.3 Å². The lowest BCUT2D eigenvalue weighted by Crippen LogP contribution is -2.32. The Labute approximate surface area is 112 Å². The first kappa shape index (κ1) is 13.1. The first-order valence-corrected chi connectivity index (χ1v) is 7.17. The number of ether oxygens (including phenoxy) is 1. The van der Waals surface area contributed by atoms with Crippen molar-refractivity contribution in [2.24, 2.45) is 5.92 Å². The van der Waals surface area contributed by atoms with Gasteiger partial charge in [-0.25, -0.2) is 0 Å². The molecular formula is C14H20BrNO. The Morgan fingerprint density at radius 1 is 1.29 bits per heavy atom. The summed E-state index contributed by atoms with van der Waals surface area (Å²) in [6.45, 7) is 5.00. The average molecular weight is 298 g/mol. The average Bonchev–Trinajstić information content (AvgIpc) is 2.38. The summed E-state index contributed by atoms with van der Waals surface area (Å²) in [6.07, 6.45) is 2.32. The number of benzene rings is 1. The summed E-state index contributed by atoms with van der Waals surface area (Å²) in [5, 5.41) is 3.62. The van der Waals surface area contributed by atoms with Gasteiger partial charge in [-0.05, 0) is 43.0 Å². The molecule has 2 nitrogen and oxygen atoms in total. The van der Waals surface area contributed by atoms with Crippen molar-refractivity contribution in [2.75, 3.05) is 19.8 Å². The van der Waals surface area contributed by atoms with Crippen molar-refractivity contribution >= 4 is 15.9 Å². The lowest BCUT2D eigenvalue weighted by molar-refractivity contribution is 0.0538. The van der Waals surface area contributed by atoms with Gasteiger partial charge in [0.1, 0.15) is 0 Å². The summed E-state index contributed by atoms with van der Waals surface area (Å²) < 4.78 is 6.59. The zero-order chi connectivity index (χ0) is 12.1. The lowest BCUT2D eigenvalue weighted by atomic mass is 9.87. The van der Waals surface area contributed by atoms with Gasteiger partial charge in [0.2, 0.25) is 0 Å². The molecule has 2 rings (SSSR count). The third-order valence-corrected chi connectivity index (χ3v) is 3.92. The fraction of sp³-hybridized carbons (Fsp3) is 0.571. The zero-order valence-electron chi connectivity index (χ0n) is 10.3. The third-order valence-electron chi connectivity index (χ3n) is 3.39. The maximum atomic E-state index is 5.45. The highest BCUT2D eigenvalue weighted by molar-refractivity contribution is 9.10. The van der Waals surface area contributed by atoms with Crippen LogP contribution in [0.3, 0.4) is 0 Å².